The minimum Gasteiger partial charge on any atom is -0.363 e. The van der Waals surface area contributed by atoms with Crippen LogP contribution in [-0.2, 0) is 4.79 Å². The maximum absolute atomic E-state index is 12.6. The summed E-state index contributed by atoms with van der Waals surface area (Å²) in [6, 6.07) is 6.63. The van der Waals surface area contributed by atoms with Gasteiger partial charge in [0, 0.05) is 6.42 Å². The summed E-state index contributed by atoms with van der Waals surface area (Å²) >= 11 is 0. The van der Waals surface area contributed by atoms with Gasteiger partial charge in [-0.3, -0.25) is 4.79 Å². The van der Waals surface area contributed by atoms with E-state index in [2.05, 4.69) is 0 Å². The highest BCUT2D eigenvalue weighted by molar-refractivity contribution is 5.86. The Hall–Kier alpha value is -1.56. The van der Waals surface area contributed by atoms with Gasteiger partial charge in [-0.25, -0.2) is 0 Å². The Morgan fingerprint density at radius 1 is 1.33 bits per heavy atom. The normalized spacial score (nSPS) is 28.3. The fourth-order valence-corrected chi connectivity index (χ4v) is 1.98. The van der Waals surface area contributed by atoms with E-state index in [1.54, 1.807) is 29.6 Å². The molecule has 0 unspecified atom stereocenters. The van der Waals surface area contributed by atoms with E-state index in [1.807, 2.05) is 6.92 Å². The lowest BCUT2D eigenvalue weighted by molar-refractivity contribution is -0.266. The van der Waals surface area contributed by atoms with Gasteiger partial charge in [-0.05, 0) is 12.5 Å². The standard InChI is InChI=1S/C12H12F3NO2/c1-7-2-4-8(5-3-7)9-6-11(18,12(13,14)15)16-10(9)17/h2-5,9,18H,6H2,1H3,(H,16,17)/t9-,11-/m1/s1. The average Bonchev–Trinajstić information content (AvgIpc) is 2.56. The number of benzene rings is 1. The monoisotopic (exact) mass is 259 g/mol. The van der Waals surface area contributed by atoms with Crippen molar-refractivity contribution >= 4 is 5.91 Å². The van der Waals surface area contributed by atoms with Crippen molar-refractivity contribution in [3.05, 3.63) is 35.4 Å². The van der Waals surface area contributed by atoms with Crippen LogP contribution in [0.2, 0.25) is 0 Å². The van der Waals surface area contributed by atoms with E-state index in [0.717, 1.165) is 5.56 Å². The number of hydrogen-bond donors (Lipinski definition) is 2. The predicted molar refractivity (Wildman–Crippen MR) is 57.7 cm³/mol. The van der Waals surface area contributed by atoms with E-state index >= 15 is 0 Å². The quantitative estimate of drug-likeness (QED) is 0.808. The Morgan fingerprint density at radius 3 is 2.33 bits per heavy atom. The van der Waals surface area contributed by atoms with Gasteiger partial charge in [0.05, 0.1) is 5.92 Å². The largest absolute Gasteiger partial charge is 0.436 e. The van der Waals surface area contributed by atoms with Gasteiger partial charge in [0.2, 0.25) is 11.6 Å². The molecule has 0 radical (unpaired) electrons. The smallest absolute Gasteiger partial charge is 0.363 e. The number of hydrogen-bond acceptors (Lipinski definition) is 2. The maximum Gasteiger partial charge on any atom is 0.436 e. The molecule has 0 saturated carbocycles. The lowest BCUT2D eigenvalue weighted by Gasteiger charge is -2.25. The van der Waals surface area contributed by atoms with Crippen LogP contribution in [-0.4, -0.2) is 22.9 Å². The van der Waals surface area contributed by atoms with Gasteiger partial charge in [-0.2, -0.15) is 13.2 Å². The number of carbonyl (C=O) groups is 1. The first-order valence-corrected chi connectivity index (χ1v) is 5.41. The summed E-state index contributed by atoms with van der Waals surface area (Å²) in [5, 5.41) is 11.1. The number of aliphatic hydroxyl groups is 1. The van der Waals surface area contributed by atoms with Crippen molar-refractivity contribution in [3.63, 3.8) is 0 Å². The van der Waals surface area contributed by atoms with Crippen LogP contribution in [0.25, 0.3) is 0 Å². The van der Waals surface area contributed by atoms with Gasteiger partial charge < -0.3 is 10.4 Å². The highest BCUT2D eigenvalue weighted by Crippen LogP contribution is 2.41. The van der Waals surface area contributed by atoms with Crippen LogP contribution in [0.4, 0.5) is 13.2 Å². The molecule has 1 fully saturated rings. The van der Waals surface area contributed by atoms with Crippen LogP contribution in [0, 0.1) is 6.92 Å². The third-order valence-corrected chi connectivity index (χ3v) is 3.09. The van der Waals surface area contributed by atoms with Crippen molar-refractivity contribution in [2.24, 2.45) is 0 Å². The third kappa shape index (κ3) is 2.08. The van der Waals surface area contributed by atoms with E-state index in [4.69, 9.17) is 0 Å². The van der Waals surface area contributed by atoms with E-state index in [1.165, 1.54) is 0 Å². The second-order valence-electron chi connectivity index (χ2n) is 4.51. The second kappa shape index (κ2) is 3.98. The molecule has 18 heavy (non-hydrogen) atoms. The molecule has 2 N–H and O–H groups in total. The Morgan fingerprint density at radius 2 is 1.89 bits per heavy atom. The number of rotatable bonds is 1. The van der Waals surface area contributed by atoms with E-state index < -0.39 is 30.1 Å². The molecule has 1 aliphatic heterocycles. The van der Waals surface area contributed by atoms with Crippen LogP contribution in [0.15, 0.2) is 24.3 Å². The summed E-state index contributed by atoms with van der Waals surface area (Å²) in [7, 11) is 0. The fraction of sp³-hybridized carbons (Fsp3) is 0.417. The molecule has 6 heteroatoms. The lowest BCUT2D eigenvalue weighted by Crippen LogP contribution is -2.53. The minimum atomic E-state index is -4.87. The number of halogens is 3. The first-order chi connectivity index (χ1) is 8.23. The molecule has 98 valence electrons. The Balaban J connectivity index is 2.28. The molecule has 0 aliphatic carbocycles. The number of amides is 1. The number of nitrogens with one attached hydrogen (secondary N) is 1. The molecular weight excluding hydrogens is 247 g/mol. The summed E-state index contributed by atoms with van der Waals surface area (Å²) < 4.78 is 37.8. The molecule has 1 amide bonds. The van der Waals surface area contributed by atoms with Crippen LogP contribution in [0.5, 0.6) is 0 Å². The Labute approximate surface area is 102 Å². The molecular formula is C12H12F3NO2. The first-order valence-electron chi connectivity index (χ1n) is 5.41. The molecule has 0 aromatic heterocycles. The van der Waals surface area contributed by atoms with Gasteiger partial charge in [-0.1, -0.05) is 29.8 Å². The number of aryl methyl sites for hydroxylation is 1. The summed E-state index contributed by atoms with van der Waals surface area (Å²) in [6.45, 7) is 1.84. The van der Waals surface area contributed by atoms with E-state index in [-0.39, 0.29) is 0 Å². The van der Waals surface area contributed by atoms with Gasteiger partial charge in [0.1, 0.15) is 0 Å². The van der Waals surface area contributed by atoms with Crippen molar-refractivity contribution in [2.75, 3.05) is 0 Å². The van der Waals surface area contributed by atoms with Crippen LogP contribution in [0.1, 0.15) is 23.5 Å². The van der Waals surface area contributed by atoms with Crippen LogP contribution in [0.3, 0.4) is 0 Å². The maximum atomic E-state index is 12.6. The van der Waals surface area contributed by atoms with Crippen molar-refractivity contribution in [1.29, 1.82) is 0 Å². The topological polar surface area (TPSA) is 49.3 Å². The summed E-state index contributed by atoms with van der Waals surface area (Å²) in [4.78, 5) is 11.6. The summed E-state index contributed by atoms with van der Waals surface area (Å²) in [5.41, 5.74) is -1.71. The molecule has 0 spiro atoms. The molecule has 3 nitrogen and oxygen atoms in total. The molecule has 1 aliphatic rings. The first kappa shape index (κ1) is 12.9. The zero-order valence-corrected chi connectivity index (χ0v) is 9.58. The van der Waals surface area contributed by atoms with Gasteiger partial charge in [-0.15, -0.1) is 0 Å². The van der Waals surface area contributed by atoms with Crippen molar-refractivity contribution in [3.8, 4) is 0 Å². The average molecular weight is 259 g/mol. The molecule has 0 bridgehead atoms. The zero-order valence-electron chi connectivity index (χ0n) is 9.58. The van der Waals surface area contributed by atoms with Gasteiger partial charge >= 0.3 is 6.18 Å². The third-order valence-electron chi connectivity index (χ3n) is 3.09. The molecule has 1 aromatic rings. The minimum absolute atomic E-state index is 0.471. The van der Waals surface area contributed by atoms with E-state index in [0.29, 0.717) is 5.56 Å². The van der Waals surface area contributed by atoms with Crippen molar-refractivity contribution in [2.45, 2.75) is 31.2 Å². The van der Waals surface area contributed by atoms with Crippen LogP contribution >= 0.6 is 0 Å². The molecule has 2 atom stereocenters. The molecule has 2 rings (SSSR count). The number of alkyl halides is 3. The summed E-state index contributed by atoms with van der Waals surface area (Å²) in [5.74, 6) is -1.78. The summed E-state index contributed by atoms with van der Waals surface area (Å²) in [6.07, 6.45) is -5.57. The lowest BCUT2D eigenvalue weighted by atomic mass is 9.93. The van der Waals surface area contributed by atoms with Crippen molar-refractivity contribution in [1.82, 2.24) is 5.32 Å². The fourth-order valence-electron chi connectivity index (χ4n) is 1.98. The highest BCUT2D eigenvalue weighted by Gasteiger charge is 2.60. The molecule has 1 aromatic carbocycles. The predicted octanol–water partition coefficient (Wildman–Crippen LogP) is 1.85. The Bertz CT molecular complexity index is 469. The van der Waals surface area contributed by atoms with Gasteiger partial charge in [0.25, 0.3) is 0 Å². The SMILES string of the molecule is Cc1ccc([C@H]2C[C@@](O)(C(F)(F)F)NC2=O)cc1. The molecule has 1 heterocycles. The Kier molecular flexibility index (Phi) is 2.85. The number of carbonyl (C=O) groups excluding carboxylic acids is 1. The van der Waals surface area contributed by atoms with Gasteiger partial charge in [0.15, 0.2) is 0 Å². The highest BCUT2D eigenvalue weighted by atomic mass is 19.4. The zero-order chi connectivity index (χ0) is 13.6. The van der Waals surface area contributed by atoms with Crippen molar-refractivity contribution < 1.29 is 23.1 Å². The van der Waals surface area contributed by atoms with Crippen LogP contribution < -0.4 is 5.32 Å². The second-order valence-corrected chi connectivity index (χ2v) is 4.51. The van der Waals surface area contributed by atoms with E-state index in [9.17, 15) is 23.1 Å². The molecule has 1 saturated heterocycles.